The quantitative estimate of drug-likeness (QED) is 0.181. The average molecular weight is 703 g/mol. The minimum Gasteiger partial charge on any atom is -0.260 e. The summed E-state index contributed by atoms with van der Waals surface area (Å²) in [6, 6.07) is 67.3. The Morgan fingerprint density at radius 3 is 1.76 bits per heavy atom. The maximum Gasteiger partial charge on any atom is 0.183 e. The van der Waals surface area contributed by atoms with Gasteiger partial charge < -0.3 is 0 Å². The molecule has 55 heavy (non-hydrogen) atoms. The first-order valence-corrected chi connectivity index (χ1v) is 18.8. The molecule has 0 saturated carbocycles. The molecule has 0 saturated heterocycles. The molecule has 1 aliphatic carbocycles. The van der Waals surface area contributed by atoms with Crippen molar-refractivity contribution in [2.75, 3.05) is 5.12 Å². The van der Waals surface area contributed by atoms with Crippen molar-refractivity contribution < 1.29 is 0 Å². The number of amidine groups is 2. The highest BCUT2D eigenvalue weighted by molar-refractivity contribution is 6.25. The average Bonchev–Trinajstić information content (AvgIpc) is 3.65. The van der Waals surface area contributed by atoms with E-state index in [0.29, 0.717) is 5.84 Å². The van der Waals surface area contributed by atoms with Gasteiger partial charge in [-0.25, -0.2) is 4.99 Å². The van der Waals surface area contributed by atoms with Crippen molar-refractivity contribution in [3.8, 4) is 33.4 Å². The van der Waals surface area contributed by atoms with E-state index in [1.54, 1.807) is 0 Å². The fourth-order valence-electron chi connectivity index (χ4n) is 8.48. The number of benzene rings is 9. The van der Waals surface area contributed by atoms with Gasteiger partial charge in [0.2, 0.25) is 0 Å². The third-order valence-electron chi connectivity index (χ3n) is 11.1. The van der Waals surface area contributed by atoms with E-state index >= 15 is 0 Å². The second-order valence-electron chi connectivity index (χ2n) is 14.3. The third kappa shape index (κ3) is 5.30. The summed E-state index contributed by atoms with van der Waals surface area (Å²) in [5.41, 5.74) is 16.5. The molecule has 0 aromatic heterocycles. The minimum atomic E-state index is 0.653. The monoisotopic (exact) mass is 702 g/mol. The smallest absolute Gasteiger partial charge is 0.183 e. The molecule has 0 bridgehead atoms. The number of aliphatic imine (C=N–C) groups is 1. The van der Waals surface area contributed by atoms with Crippen molar-refractivity contribution >= 4 is 49.7 Å². The van der Waals surface area contributed by atoms with Gasteiger partial charge in [0.25, 0.3) is 0 Å². The maximum absolute atomic E-state index is 5.06. The predicted molar refractivity (Wildman–Crippen MR) is 230 cm³/mol. The lowest BCUT2D eigenvalue weighted by molar-refractivity contribution is 0.799. The molecule has 0 atom stereocenters. The Morgan fingerprint density at radius 2 is 1.00 bits per heavy atom. The molecular formula is C51H34N4. The number of hydrazine groups is 1. The van der Waals surface area contributed by atoms with E-state index in [-0.39, 0.29) is 0 Å². The summed E-state index contributed by atoms with van der Waals surface area (Å²) in [6.07, 6.45) is 0.921. The van der Waals surface area contributed by atoms with Crippen LogP contribution >= 0.6 is 0 Å². The summed E-state index contributed by atoms with van der Waals surface area (Å²) in [6.45, 7) is 0. The molecular weight excluding hydrogens is 669 g/mol. The van der Waals surface area contributed by atoms with Crippen molar-refractivity contribution in [3.05, 3.63) is 210 Å². The molecule has 4 heteroatoms. The van der Waals surface area contributed by atoms with Crippen LogP contribution in [-0.4, -0.2) is 11.7 Å². The first-order chi connectivity index (χ1) is 27.2. The largest absolute Gasteiger partial charge is 0.260 e. The number of hydrazone groups is 1. The van der Waals surface area contributed by atoms with E-state index in [2.05, 4.69) is 133 Å². The number of rotatable bonds is 5. The second-order valence-corrected chi connectivity index (χ2v) is 14.3. The van der Waals surface area contributed by atoms with Crippen LogP contribution < -0.4 is 10.5 Å². The highest BCUT2D eigenvalue weighted by Gasteiger charge is 2.24. The molecule has 1 aliphatic heterocycles. The lowest BCUT2D eigenvalue weighted by Crippen LogP contribution is -2.43. The molecule has 2 aliphatic rings. The predicted octanol–water partition coefficient (Wildman–Crippen LogP) is 12.2. The number of fused-ring (bicyclic) bond motifs is 9. The zero-order valence-corrected chi connectivity index (χ0v) is 29.9. The molecule has 11 rings (SSSR count). The molecule has 258 valence electrons. The lowest BCUT2D eigenvalue weighted by Gasteiger charge is -2.26. The Hall–Kier alpha value is -7.30. The van der Waals surface area contributed by atoms with Crippen LogP contribution in [0.5, 0.6) is 0 Å². The Kier molecular flexibility index (Phi) is 7.20. The van der Waals surface area contributed by atoms with Gasteiger partial charge in [0.1, 0.15) is 0 Å². The van der Waals surface area contributed by atoms with Crippen LogP contribution in [0.15, 0.2) is 198 Å². The molecule has 0 spiro atoms. The molecule has 0 unspecified atom stereocenters. The Bertz CT molecular complexity index is 3000. The van der Waals surface area contributed by atoms with E-state index in [0.717, 1.165) is 34.6 Å². The maximum atomic E-state index is 5.06. The highest BCUT2D eigenvalue weighted by atomic mass is 15.7. The minimum absolute atomic E-state index is 0.653. The van der Waals surface area contributed by atoms with E-state index < -0.39 is 0 Å². The van der Waals surface area contributed by atoms with Crippen LogP contribution in [0.4, 0.5) is 5.69 Å². The Labute approximate surface area is 319 Å². The van der Waals surface area contributed by atoms with Crippen LogP contribution in [0.3, 0.4) is 0 Å². The van der Waals surface area contributed by atoms with Gasteiger partial charge >= 0.3 is 0 Å². The second kappa shape index (κ2) is 12.7. The van der Waals surface area contributed by atoms with Crippen LogP contribution in [0.25, 0.3) is 65.7 Å². The fourth-order valence-corrected chi connectivity index (χ4v) is 8.48. The molecule has 0 amide bonds. The Balaban J connectivity index is 1.00. The van der Waals surface area contributed by atoms with Crippen LogP contribution in [0, 0.1) is 0 Å². The Morgan fingerprint density at radius 1 is 0.400 bits per heavy atom. The van der Waals surface area contributed by atoms with Crippen LogP contribution in [-0.2, 0) is 6.42 Å². The van der Waals surface area contributed by atoms with E-state index in [1.807, 2.05) is 65.8 Å². The van der Waals surface area contributed by atoms with Gasteiger partial charge in [-0.3, -0.25) is 5.43 Å². The van der Waals surface area contributed by atoms with Gasteiger partial charge in [0, 0.05) is 11.1 Å². The summed E-state index contributed by atoms with van der Waals surface area (Å²) in [5, 5.41) is 14.4. The van der Waals surface area contributed by atoms with Gasteiger partial charge in [-0.15, -0.1) is 5.10 Å². The summed E-state index contributed by atoms with van der Waals surface area (Å²) in [5.74, 6) is 1.40. The number of hydrogen-bond acceptors (Lipinski definition) is 4. The molecule has 0 radical (unpaired) electrons. The van der Waals surface area contributed by atoms with E-state index in [1.165, 1.54) is 71.3 Å². The molecule has 9 aromatic rings. The number of anilines is 1. The number of nitrogens with zero attached hydrogens (tertiary/aromatic N) is 3. The first kappa shape index (κ1) is 31.2. The van der Waals surface area contributed by atoms with Gasteiger partial charge in [-0.1, -0.05) is 158 Å². The van der Waals surface area contributed by atoms with Crippen molar-refractivity contribution in [2.24, 2.45) is 10.1 Å². The number of para-hydroxylation sites is 1. The molecule has 4 nitrogen and oxygen atoms in total. The normalized spacial score (nSPS) is 13.3. The lowest BCUT2D eigenvalue weighted by atomic mass is 9.90. The summed E-state index contributed by atoms with van der Waals surface area (Å²) in [4.78, 5) is 5.06. The summed E-state index contributed by atoms with van der Waals surface area (Å²) < 4.78 is 0. The number of hydrogen-bond donors (Lipinski definition) is 1. The molecule has 0 fully saturated rings. The zero-order valence-electron chi connectivity index (χ0n) is 29.9. The van der Waals surface area contributed by atoms with Crippen molar-refractivity contribution in [1.82, 2.24) is 5.43 Å². The summed E-state index contributed by atoms with van der Waals surface area (Å²) >= 11 is 0. The van der Waals surface area contributed by atoms with Gasteiger partial charge in [-0.05, 0) is 114 Å². The van der Waals surface area contributed by atoms with Crippen LogP contribution in [0.2, 0.25) is 0 Å². The number of nitrogens with one attached hydrogen (secondary N) is 1. The topological polar surface area (TPSA) is 40.0 Å². The van der Waals surface area contributed by atoms with Gasteiger partial charge in [0.15, 0.2) is 11.7 Å². The standard InChI is InChI=1S/C51H34N4/c1-3-13-33(14-4-1)50-52-51(54-55(53-50)40-18-5-2-6-19-40)39-17-11-15-36(30-39)41-24-12-16-38-29-37-26-25-34(31-47(37)49(38)41)35-27-28-46-44-22-8-7-20-42(44)43-21-9-10-23-45(43)48(46)32-35/h1-28,30-32H,29H2,(H,52,53,54). The first-order valence-electron chi connectivity index (χ1n) is 18.8. The van der Waals surface area contributed by atoms with Gasteiger partial charge in [-0.2, -0.15) is 5.12 Å². The third-order valence-corrected chi connectivity index (χ3v) is 11.1. The molecule has 9 aromatic carbocycles. The molecule has 1 N–H and O–H groups in total. The van der Waals surface area contributed by atoms with Crippen LogP contribution in [0.1, 0.15) is 22.3 Å². The van der Waals surface area contributed by atoms with Crippen molar-refractivity contribution in [2.45, 2.75) is 6.42 Å². The highest BCUT2D eigenvalue weighted by Crippen LogP contribution is 2.45. The van der Waals surface area contributed by atoms with E-state index in [9.17, 15) is 0 Å². The molecule has 1 heterocycles. The van der Waals surface area contributed by atoms with E-state index in [4.69, 9.17) is 10.1 Å². The van der Waals surface area contributed by atoms with Crippen molar-refractivity contribution in [1.29, 1.82) is 0 Å². The summed E-state index contributed by atoms with van der Waals surface area (Å²) in [7, 11) is 0. The SMILES string of the molecule is c1ccc(C2=NN(c3ccccc3)NC(c3cccc(-c4cccc5c4-c4cc(-c6ccc7c8ccccc8c8ccccc8c7c6)ccc4C5)c3)=N2)cc1. The van der Waals surface area contributed by atoms with Crippen molar-refractivity contribution in [3.63, 3.8) is 0 Å². The van der Waals surface area contributed by atoms with Gasteiger partial charge in [0.05, 0.1) is 5.69 Å². The zero-order chi connectivity index (χ0) is 36.3. The fraction of sp³-hybridized carbons (Fsp3) is 0.0196.